The zero-order valence-corrected chi connectivity index (χ0v) is 8.41. The molecule has 0 aliphatic carbocycles. The van der Waals surface area contributed by atoms with Crippen molar-refractivity contribution >= 4 is 0 Å². The largest absolute Gasteiger partial charge is 0.382 e. The molecule has 16 heavy (non-hydrogen) atoms. The van der Waals surface area contributed by atoms with Gasteiger partial charge in [-0.25, -0.2) is 8.78 Å². The second kappa shape index (κ2) is 3.97. The van der Waals surface area contributed by atoms with E-state index in [4.69, 9.17) is 0 Å². The number of H-pyrrole nitrogens is 1. The van der Waals surface area contributed by atoms with Crippen molar-refractivity contribution in [3.63, 3.8) is 0 Å². The van der Waals surface area contributed by atoms with Crippen molar-refractivity contribution in [1.29, 1.82) is 0 Å². The molecule has 0 saturated heterocycles. The van der Waals surface area contributed by atoms with E-state index in [1.807, 2.05) is 0 Å². The molecule has 1 atom stereocenters. The second-order valence-electron chi connectivity index (χ2n) is 3.39. The fourth-order valence-electron chi connectivity index (χ4n) is 1.42. The molecule has 0 saturated carbocycles. The lowest BCUT2D eigenvalue weighted by Crippen LogP contribution is -2.07. The van der Waals surface area contributed by atoms with E-state index in [0.29, 0.717) is 0 Å². The number of nitrogens with one attached hydrogen (secondary N) is 1. The van der Waals surface area contributed by atoms with E-state index in [1.165, 1.54) is 19.2 Å². The average molecular weight is 225 g/mol. The van der Waals surface area contributed by atoms with E-state index in [2.05, 4.69) is 15.4 Å². The predicted molar refractivity (Wildman–Crippen MR) is 51.5 cm³/mol. The number of aromatic amines is 1. The number of aromatic nitrogens is 3. The Labute approximate surface area is 89.9 Å². The van der Waals surface area contributed by atoms with Crippen LogP contribution in [0.3, 0.4) is 0 Å². The van der Waals surface area contributed by atoms with Gasteiger partial charge in [-0.1, -0.05) is 6.07 Å². The second-order valence-corrected chi connectivity index (χ2v) is 3.39. The maximum absolute atomic E-state index is 13.6. The Bertz CT molecular complexity index is 499. The van der Waals surface area contributed by atoms with Crippen LogP contribution >= 0.6 is 0 Å². The number of hydrogen-bond donors (Lipinski definition) is 2. The van der Waals surface area contributed by atoms with Gasteiger partial charge in [-0.15, -0.1) is 0 Å². The predicted octanol–water partition coefficient (Wildman–Crippen LogP) is 1.47. The SMILES string of the molecule is Cc1ccc(F)c(C(O)c2cn[nH]n2)c1F. The van der Waals surface area contributed by atoms with Crippen LogP contribution in [0, 0.1) is 18.6 Å². The summed E-state index contributed by atoms with van der Waals surface area (Å²) in [4.78, 5) is 0. The van der Waals surface area contributed by atoms with Gasteiger partial charge in [0.2, 0.25) is 0 Å². The molecular weight excluding hydrogens is 216 g/mol. The van der Waals surface area contributed by atoms with Gasteiger partial charge in [-0.05, 0) is 18.6 Å². The minimum Gasteiger partial charge on any atom is -0.382 e. The summed E-state index contributed by atoms with van der Waals surface area (Å²) in [6, 6.07) is 2.42. The van der Waals surface area contributed by atoms with Crippen LogP contribution in [0.5, 0.6) is 0 Å². The minimum absolute atomic E-state index is 0.0726. The number of benzene rings is 1. The fraction of sp³-hybridized carbons (Fsp3) is 0.200. The lowest BCUT2D eigenvalue weighted by atomic mass is 10.0. The highest BCUT2D eigenvalue weighted by Crippen LogP contribution is 2.26. The van der Waals surface area contributed by atoms with E-state index in [-0.39, 0.29) is 11.3 Å². The summed E-state index contributed by atoms with van der Waals surface area (Å²) < 4.78 is 27.1. The van der Waals surface area contributed by atoms with Crippen LogP contribution < -0.4 is 0 Å². The van der Waals surface area contributed by atoms with Crippen molar-refractivity contribution in [2.45, 2.75) is 13.0 Å². The van der Waals surface area contributed by atoms with Gasteiger partial charge in [-0.2, -0.15) is 15.4 Å². The van der Waals surface area contributed by atoms with Gasteiger partial charge in [0.1, 0.15) is 23.4 Å². The molecule has 2 aromatic rings. The smallest absolute Gasteiger partial charge is 0.135 e. The Morgan fingerprint density at radius 3 is 2.75 bits per heavy atom. The third-order valence-corrected chi connectivity index (χ3v) is 2.31. The number of aryl methyl sites for hydroxylation is 1. The summed E-state index contributed by atoms with van der Waals surface area (Å²) in [5.74, 6) is -1.57. The van der Waals surface area contributed by atoms with E-state index in [9.17, 15) is 13.9 Å². The van der Waals surface area contributed by atoms with Crippen molar-refractivity contribution in [1.82, 2.24) is 15.4 Å². The van der Waals surface area contributed by atoms with Gasteiger partial charge in [0.25, 0.3) is 0 Å². The highest BCUT2D eigenvalue weighted by Gasteiger charge is 2.22. The first-order valence-electron chi connectivity index (χ1n) is 4.59. The summed E-state index contributed by atoms with van der Waals surface area (Å²) in [6.45, 7) is 1.49. The number of rotatable bonds is 2. The van der Waals surface area contributed by atoms with Crippen LogP contribution in [-0.4, -0.2) is 20.5 Å². The lowest BCUT2D eigenvalue weighted by Gasteiger charge is -2.11. The normalized spacial score (nSPS) is 12.8. The molecule has 1 heterocycles. The Hall–Kier alpha value is -1.82. The Kier molecular flexibility index (Phi) is 2.66. The summed E-state index contributed by atoms with van der Waals surface area (Å²) in [5.41, 5.74) is -0.0729. The van der Waals surface area contributed by atoms with Gasteiger partial charge >= 0.3 is 0 Å². The first-order chi connectivity index (χ1) is 7.61. The first-order valence-corrected chi connectivity index (χ1v) is 4.59. The molecule has 2 N–H and O–H groups in total. The lowest BCUT2D eigenvalue weighted by molar-refractivity contribution is 0.204. The van der Waals surface area contributed by atoms with Crippen molar-refractivity contribution in [3.8, 4) is 0 Å². The van der Waals surface area contributed by atoms with Crippen LogP contribution in [0.4, 0.5) is 8.78 Å². The minimum atomic E-state index is -1.46. The molecule has 0 spiro atoms. The number of halogens is 2. The van der Waals surface area contributed by atoms with Gasteiger partial charge < -0.3 is 5.11 Å². The Morgan fingerprint density at radius 2 is 2.12 bits per heavy atom. The highest BCUT2D eigenvalue weighted by molar-refractivity contribution is 5.31. The standard InChI is InChI=1S/C10H9F2N3O/c1-5-2-3-6(11)8(9(5)12)10(16)7-4-13-15-14-7/h2-4,10,16H,1H3,(H,13,14,15). The zero-order chi connectivity index (χ0) is 11.7. The van der Waals surface area contributed by atoms with Crippen LogP contribution in [-0.2, 0) is 0 Å². The first kappa shape index (κ1) is 10.7. The molecule has 1 aromatic heterocycles. The summed E-state index contributed by atoms with van der Waals surface area (Å²) >= 11 is 0. The summed E-state index contributed by atoms with van der Waals surface area (Å²) in [5, 5.41) is 19.1. The molecule has 0 bridgehead atoms. The number of aliphatic hydroxyl groups excluding tert-OH is 1. The fourth-order valence-corrected chi connectivity index (χ4v) is 1.42. The monoisotopic (exact) mass is 225 g/mol. The number of aliphatic hydroxyl groups is 1. The van der Waals surface area contributed by atoms with Gasteiger partial charge in [0.05, 0.1) is 11.8 Å². The molecule has 6 heteroatoms. The molecule has 84 valence electrons. The number of hydrogen-bond acceptors (Lipinski definition) is 3. The van der Waals surface area contributed by atoms with Gasteiger partial charge in [0, 0.05) is 0 Å². The third-order valence-electron chi connectivity index (χ3n) is 2.31. The zero-order valence-electron chi connectivity index (χ0n) is 8.41. The summed E-state index contributed by atoms with van der Waals surface area (Å²) in [7, 11) is 0. The van der Waals surface area contributed by atoms with Crippen LogP contribution in [0.25, 0.3) is 0 Å². The quantitative estimate of drug-likeness (QED) is 0.813. The van der Waals surface area contributed by atoms with Crippen LogP contribution in [0.1, 0.15) is 22.9 Å². The van der Waals surface area contributed by atoms with Crippen LogP contribution in [0.15, 0.2) is 18.3 Å². The van der Waals surface area contributed by atoms with Gasteiger partial charge in [-0.3, -0.25) is 0 Å². The molecule has 1 aromatic carbocycles. The van der Waals surface area contributed by atoms with Crippen molar-refractivity contribution in [3.05, 3.63) is 46.8 Å². The topological polar surface area (TPSA) is 61.8 Å². The molecule has 0 amide bonds. The van der Waals surface area contributed by atoms with E-state index >= 15 is 0 Å². The molecule has 0 radical (unpaired) electrons. The number of nitrogens with zero attached hydrogens (tertiary/aromatic N) is 2. The molecule has 0 aliphatic rings. The van der Waals surface area contributed by atoms with E-state index in [1.54, 1.807) is 0 Å². The Morgan fingerprint density at radius 1 is 1.38 bits per heavy atom. The van der Waals surface area contributed by atoms with E-state index < -0.39 is 23.3 Å². The molecule has 4 nitrogen and oxygen atoms in total. The van der Waals surface area contributed by atoms with Crippen molar-refractivity contribution in [2.75, 3.05) is 0 Å². The summed E-state index contributed by atoms with van der Waals surface area (Å²) in [6.07, 6.45) is -0.245. The van der Waals surface area contributed by atoms with Crippen LogP contribution in [0.2, 0.25) is 0 Å². The average Bonchev–Trinajstić information content (AvgIpc) is 2.77. The third kappa shape index (κ3) is 1.67. The maximum atomic E-state index is 13.6. The molecule has 0 aliphatic heterocycles. The molecular formula is C10H9F2N3O. The van der Waals surface area contributed by atoms with E-state index in [0.717, 1.165) is 6.07 Å². The molecule has 2 rings (SSSR count). The highest BCUT2D eigenvalue weighted by atomic mass is 19.1. The molecule has 1 unspecified atom stereocenters. The maximum Gasteiger partial charge on any atom is 0.135 e. The van der Waals surface area contributed by atoms with Gasteiger partial charge in [0.15, 0.2) is 0 Å². The van der Waals surface area contributed by atoms with Crippen molar-refractivity contribution < 1.29 is 13.9 Å². The molecule has 0 fully saturated rings. The van der Waals surface area contributed by atoms with Crippen molar-refractivity contribution in [2.24, 2.45) is 0 Å². The Balaban J connectivity index is 2.52.